The highest BCUT2D eigenvalue weighted by Gasteiger charge is 2.17. The van der Waals surface area contributed by atoms with Crippen molar-refractivity contribution in [2.45, 2.75) is 33.1 Å². The van der Waals surface area contributed by atoms with E-state index < -0.39 is 0 Å². The summed E-state index contributed by atoms with van der Waals surface area (Å²) in [5.74, 6) is 0.603. The van der Waals surface area contributed by atoms with Gasteiger partial charge in [-0.2, -0.15) is 0 Å². The number of hydrogen-bond donors (Lipinski definition) is 0. The third-order valence-corrected chi connectivity index (χ3v) is 6.62. The third kappa shape index (κ3) is 3.81. The zero-order valence-electron chi connectivity index (χ0n) is 20.4. The molecule has 0 unspecified atom stereocenters. The molecule has 35 heavy (non-hydrogen) atoms. The first-order valence-corrected chi connectivity index (χ1v) is 11.9. The molecule has 3 heterocycles. The molecule has 0 bridgehead atoms. The molecule has 0 aliphatic carbocycles. The van der Waals surface area contributed by atoms with Crippen LogP contribution in [0.2, 0.25) is 0 Å². The molecule has 172 valence electrons. The SMILES string of the molecule is Cc1ccc(-c2ccc3ccn(-c4cncc5nc(-c6ccc(C(C)(C)C)cc6)oc45)c3c2)cc1. The van der Waals surface area contributed by atoms with E-state index in [1.165, 1.54) is 22.3 Å². The fourth-order valence-corrected chi connectivity index (χ4v) is 4.51. The molecule has 0 N–H and O–H groups in total. The lowest BCUT2D eigenvalue weighted by molar-refractivity contribution is 0.589. The summed E-state index contributed by atoms with van der Waals surface area (Å²) in [6.45, 7) is 8.75. The van der Waals surface area contributed by atoms with E-state index in [9.17, 15) is 0 Å². The fraction of sp³-hybridized carbons (Fsp3) is 0.161. The highest BCUT2D eigenvalue weighted by atomic mass is 16.3. The molecule has 3 aromatic carbocycles. The Morgan fingerprint density at radius 2 is 1.49 bits per heavy atom. The molecule has 0 saturated heterocycles. The second kappa shape index (κ2) is 7.95. The summed E-state index contributed by atoms with van der Waals surface area (Å²) in [6.07, 6.45) is 5.68. The fourth-order valence-electron chi connectivity index (χ4n) is 4.51. The van der Waals surface area contributed by atoms with Crippen LogP contribution in [0.1, 0.15) is 31.9 Å². The number of fused-ring (bicyclic) bond motifs is 2. The van der Waals surface area contributed by atoms with Crippen molar-refractivity contribution in [2.75, 3.05) is 0 Å². The standard InChI is InChI=1S/C31H27N3O/c1-20-5-7-21(8-6-20)24-10-9-22-15-16-34(27(22)17-24)28-19-32-18-26-29(28)35-30(33-26)23-11-13-25(14-12-23)31(2,3)4/h5-19H,1-4H3. The summed E-state index contributed by atoms with van der Waals surface area (Å²) in [5, 5.41) is 1.16. The van der Waals surface area contributed by atoms with Crippen LogP contribution in [-0.4, -0.2) is 14.5 Å². The van der Waals surface area contributed by atoms with Gasteiger partial charge in [0.05, 0.1) is 17.9 Å². The van der Waals surface area contributed by atoms with Gasteiger partial charge in [0.15, 0.2) is 5.58 Å². The Balaban J connectivity index is 1.45. The quantitative estimate of drug-likeness (QED) is 0.270. The van der Waals surface area contributed by atoms with Crippen LogP contribution < -0.4 is 0 Å². The van der Waals surface area contributed by atoms with Gasteiger partial charge in [0.1, 0.15) is 11.2 Å². The number of rotatable bonds is 3. The van der Waals surface area contributed by atoms with Crippen LogP contribution in [0.5, 0.6) is 0 Å². The maximum Gasteiger partial charge on any atom is 0.227 e. The number of nitrogens with zero attached hydrogens (tertiary/aromatic N) is 3. The molecular formula is C31H27N3O. The second-order valence-corrected chi connectivity index (χ2v) is 10.2. The summed E-state index contributed by atoms with van der Waals surface area (Å²) >= 11 is 0. The molecule has 0 saturated carbocycles. The van der Waals surface area contributed by atoms with Crippen molar-refractivity contribution >= 4 is 22.0 Å². The monoisotopic (exact) mass is 457 g/mol. The van der Waals surface area contributed by atoms with Crippen molar-refractivity contribution in [3.63, 3.8) is 0 Å². The van der Waals surface area contributed by atoms with E-state index in [2.05, 4.69) is 116 Å². The van der Waals surface area contributed by atoms with Gasteiger partial charge < -0.3 is 8.98 Å². The van der Waals surface area contributed by atoms with Gasteiger partial charge in [0.2, 0.25) is 5.89 Å². The number of pyridine rings is 1. The molecule has 4 heteroatoms. The molecule has 0 aliphatic rings. The average molecular weight is 458 g/mol. The highest BCUT2D eigenvalue weighted by molar-refractivity contribution is 5.90. The number of aromatic nitrogens is 3. The molecule has 0 atom stereocenters. The van der Waals surface area contributed by atoms with Gasteiger partial charge in [-0.1, -0.05) is 74.9 Å². The minimum atomic E-state index is 0.101. The Morgan fingerprint density at radius 1 is 0.771 bits per heavy atom. The maximum atomic E-state index is 6.34. The van der Waals surface area contributed by atoms with Gasteiger partial charge in [-0.15, -0.1) is 0 Å². The van der Waals surface area contributed by atoms with Gasteiger partial charge >= 0.3 is 0 Å². The summed E-state index contributed by atoms with van der Waals surface area (Å²) in [5.41, 5.74) is 9.42. The van der Waals surface area contributed by atoms with Crippen LogP contribution in [0.15, 0.2) is 95.8 Å². The van der Waals surface area contributed by atoms with E-state index in [-0.39, 0.29) is 5.41 Å². The van der Waals surface area contributed by atoms with Crippen LogP contribution in [-0.2, 0) is 5.41 Å². The van der Waals surface area contributed by atoms with Crippen LogP contribution in [0.3, 0.4) is 0 Å². The second-order valence-electron chi connectivity index (χ2n) is 10.2. The van der Waals surface area contributed by atoms with Crippen molar-refractivity contribution < 1.29 is 4.42 Å². The van der Waals surface area contributed by atoms with E-state index in [0.717, 1.165) is 33.3 Å². The maximum absolute atomic E-state index is 6.34. The van der Waals surface area contributed by atoms with Crippen LogP contribution in [0, 0.1) is 6.92 Å². The van der Waals surface area contributed by atoms with Gasteiger partial charge in [-0.3, -0.25) is 4.98 Å². The normalized spacial score (nSPS) is 12.0. The predicted molar refractivity (Wildman–Crippen MR) is 143 cm³/mol. The van der Waals surface area contributed by atoms with Crippen molar-refractivity contribution in [1.82, 2.24) is 14.5 Å². The molecule has 0 fully saturated rings. The minimum absolute atomic E-state index is 0.101. The number of benzene rings is 3. The number of hydrogen-bond acceptors (Lipinski definition) is 3. The van der Waals surface area contributed by atoms with Crippen LogP contribution in [0.25, 0.3) is 50.3 Å². The Kier molecular flexibility index (Phi) is 4.85. The Bertz CT molecular complexity index is 1660. The van der Waals surface area contributed by atoms with Gasteiger partial charge in [0.25, 0.3) is 0 Å². The molecule has 3 aromatic heterocycles. The van der Waals surface area contributed by atoms with Crippen molar-refractivity contribution in [2.24, 2.45) is 0 Å². The third-order valence-electron chi connectivity index (χ3n) is 6.62. The van der Waals surface area contributed by atoms with E-state index in [1.54, 1.807) is 6.20 Å². The molecule has 4 nitrogen and oxygen atoms in total. The van der Waals surface area contributed by atoms with E-state index in [0.29, 0.717) is 5.89 Å². The van der Waals surface area contributed by atoms with E-state index >= 15 is 0 Å². The molecule has 0 aliphatic heterocycles. The summed E-state index contributed by atoms with van der Waals surface area (Å²) in [7, 11) is 0. The Labute approximate surface area is 204 Å². The smallest absolute Gasteiger partial charge is 0.227 e. The van der Waals surface area contributed by atoms with Crippen molar-refractivity contribution in [3.05, 3.63) is 103 Å². The van der Waals surface area contributed by atoms with E-state index in [4.69, 9.17) is 9.40 Å². The zero-order valence-corrected chi connectivity index (χ0v) is 20.4. The summed E-state index contributed by atoms with van der Waals surface area (Å²) in [4.78, 5) is 9.23. The minimum Gasteiger partial charge on any atom is -0.434 e. The largest absolute Gasteiger partial charge is 0.434 e. The number of aryl methyl sites for hydroxylation is 1. The highest BCUT2D eigenvalue weighted by Crippen LogP contribution is 2.33. The lowest BCUT2D eigenvalue weighted by Gasteiger charge is -2.18. The van der Waals surface area contributed by atoms with Crippen LogP contribution in [0.4, 0.5) is 0 Å². The molecule has 0 amide bonds. The molecule has 6 rings (SSSR count). The van der Waals surface area contributed by atoms with Crippen molar-refractivity contribution in [3.8, 4) is 28.3 Å². The average Bonchev–Trinajstić information content (AvgIpc) is 3.48. The molecular weight excluding hydrogens is 430 g/mol. The van der Waals surface area contributed by atoms with E-state index in [1.807, 2.05) is 6.20 Å². The van der Waals surface area contributed by atoms with Crippen molar-refractivity contribution in [1.29, 1.82) is 0 Å². The molecule has 0 radical (unpaired) electrons. The van der Waals surface area contributed by atoms with Gasteiger partial charge in [-0.25, -0.2) is 4.98 Å². The molecule has 6 aromatic rings. The lowest BCUT2D eigenvalue weighted by atomic mass is 9.87. The lowest BCUT2D eigenvalue weighted by Crippen LogP contribution is -2.10. The number of oxazole rings is 1. The van der Waals surface area contributed by atoms with Crippen LogP contribution >= 0.6 is 0 Å². The summed E-state index contributed by atoms with van der Waals surface area (Å²) in [6, 6.07) is 25.8. The van der Waals surface area contributed by atoms with Gasteiger partial charge in [-0.05, 0) is 58.7 Å². The first-order chi connectivity index (χ1) is 16.9. The predicted octanol–water partition coefficient (Wildman–Crippen LogP) is 8.11. The first kappa shape index (κ1) is 21.4. The zero-order chi connectivity index (χ0) is 24.2. The Morgan fingerprint density at radius 3 is 2.23 bits per heavy atom. The van der Waals surface area contributed by atoms with Gasteiger partial charge in [0, 0.05) is 11.8 Å². The summed E-state index contributed by atoms with van der Waals surface area (Å²) < 4.78 is 8.48. The first-order valence-electron chi connectivity index (χ1n) is 11.9. The topological polar surface area (TPSA) is 43.9 Å². The Hall–Kier alpha value is -4.18. The molecule has 0 spiro atoms.